The van der Waals surface area contributed by atoms with Gasteiger partial charge in [-0.15, -0.1) is 11.3 Å². The summed E-state index contributed by atoms with van der Waals surface area (Å²) >= 11 is 6.70. The molecule has 2 rings (SSSR count). The second kappa shape index (κ2) is 5.46. The zero-order valence-electron chi connectivity index (χ0n) is 10.3. The SMILES string of the molecule is CC(c1cccs1)N(C)c1cccc(C(N)=S)n1. The predicted molar refractivity (Wildman–Crippen MR) is 81.3 cm³/mol. The molecule has 0 aliphatic heterocycles. The van der Waals surface area contributed by atoms with Crippen molar-refractivity contribution in [3.8, 4) is 0 Å². The number of rotatable bonds is 4. The van der Waals surface area contributed by atoms with Gasteiger partial charge >= 0.3 is 0 Å². The Labute approximate surface area is 116 Å². The van der Waals surface area contributed by atoms with Crippen molar-refractivity contribution >= 4 is 34.4 Å². The fourth-order valence-electron chi connectivity index (χ4n) is 1.68. The fraction of sp³-hybridized carbons (Fsp3) is 0.231. The molecule has 0 amide bonds. The first-order chi connectivity index (χ1) is 8.59. The number of nitrogens with zero attached hydrogens (tertiary/aromatic N) is 2. The van der Waals surface area contributed by atoms with Crippen LogP contribution in [0, 0.1) is 0 Å². The topological polar surface area (TPSA) is 42.1 Å². The minimum absolute atomic E-state index is 0.277. The molecule has 0 spiro atoms. The van der Waals surface area contributed by atoms with E-state index in [9.17, 15) is 0 Å². The Morgan fingerprint density at radius 3 is 2.78 bits per heavy atom. The maximum atomic E-state index is 5.61. The number of thiocarbonyl (C=S) groups is 1. The zero-order chi connectivity index (χ0) is 13.1. The van der Waals surface area contributed by atoms with Gasteiger partial charge in [-0.25, -0.2) is 4.98 Å². The zero-order valence-corrected chi connectivity index (χ0v) is 12.0. The molecule has 0 bridgehead atoms. The van der Waals surface area contributed by atoms with Crippen molar-refractivity contribution in [3.05, 3.63) is 46.3 Å². The lowest BCUT2D eigenvalue weighted by molar-refractivity contribution is 0.742. The Morgan fingerprint density at radius 1 is 1.39 bits per heavy atom. The number of hydrogen-bond donors (Lipinski definition) is 1. The largest absolute Gasteiger partial charge is 0.388 e. The second-order valence-electron chi connectivity index (χ2n) is 4.05. The first-order valence-electron chi connectivity index (χ1n) is 5.62. The summed E-state index contributed by atoms with van der Waals surface area (Å²) in [5, 5.41) is 2.08. The molecule has 2 N–H and O–H groups in total. The third-order valence-electron chi connectivity index (χ3n) is 2.88. The van der Waals surface area contributed by atoms with Crippen LogP contribution in [0.4, 0.5) is 5.82 Å². The summed E-state index contributed by atoms with van der Waals surface area (Å²) in [6, 6.07) is 10.2. The summed E-state index contributed by atoms with van der Waals surface area (Å²) in [5.74, 6) is 0.876. The highest BCUT2D eigenvalue weighted by Crippen LogP contribution is 2.26. The van der Waals surface area contributed by atoms with Crippen molar-refractivity contribution in [3.63, 3.8) is 0 Å². The Morgan fingerprint density at radius 2 is 2.17 bits per heavy atom. The fourth-order valence-corrected chi connectivity index (χ4v) is 2.62. The average Bonchev–Trinajstić information content (AvgIpc) is 2.91. The number of pyridine rings is 1. The van der Waals surface area contributed by atoms with Crippen LogP contribution in [0.1, 0.15) is 23.5 Å². The van der Waals surface area contributed by atoms with E-state index in [1.807, 2.05) is 25.2 Å². The highest BCUT2D eigenvalue weighted by atomic mass is 32.1. The molecule has 0 saturated carbocycles. The van der Waals surface area contributed by atoms with E-state index in [0.29, 0.717) is 10.7 Å². The average molecular weight is 277 g/mol. The van der Waals surface area contributed by atoms with Crippen LogP contribution < -0.4 is 10.6 Å². The molecule has 0 aliphatic rings. The summed E-state index contributed by atoms with van der Waals surface area (Å²) in [4.78, 5) is 8.22. The summed E-state index contributed by atoms with van der Waals surface area (Å²) in [6.45, 7) is 2.15. The third kappa shape index (κ3) is 2.68. The quantitative estimate of drug-likeness (QED) is 0.872. The van der Waals surface area contributed by atoms with E-state index in [4.69, 9.17) is 18.0 Å². The Bertz CT molecular complexity index is 537. The summed E-state index contributed by atoms with van der Waals surface area (Å²) in [7, 11) is 2.02. The van der Waals surface area contributed by atoms with Gasteiger partial charge in [0.1, 0.15) is 10.8 Å². The third-order valence-corrected chi connectivity index (χ3v) is 4.14. The van der Waals surface area contributed by atoms with Crippen LogP contribution in [0.5, 0.6) is 0 Å². The molecule has 5 heteroatoms. The Balaban J connectivity index is 2.25. The number of aromatic nitrogens is 1. The van der Waals surface area contributed by atoms with E-state index in [-0.39, 0.29) is 6.04 Å². The molecular weight excluding hydrogens is 262 g/mol. The van der Waals surface area contributed by atoms with Gasteiger partial charge in [-0.05, 0) is 30.5 Å². The van der Waals surface area contributed by atoms with Gasteiger partial charge in [0.15, 0.2) is 0 Å². The van der Waals surface area contributed by atoms with E-state index in [0.717, 1.165) is 5.82 Å². The molecule has 1 unspecified atom stereocenters. The molecule has 2 aromatic heterocycles. The highest BCUT2D eigenvalue weighted by Gasteiger charge is 2.14. The van der Waals surface area contributed by atoms with Crippen molar-refractivity contribution < 1.29 is 0 Å². The Hall–Kier alpha value is -1.46. The summed E-state index contributed by atoms with van der Waals surface area (Å²) in [5.41, 5.74) is 6.27. The molecular formula is C13H15N3S2. The molecule has 2 heterocycles. The standard InChI is InChI=1S/C13H15N3S2/c1-9(11-6-4-8-18-11)16(2)12-7-3-5-10(15-12)13(14)17/h3-9H,1-2H3,(H2,14,17). The molecule has 2 aromatic rings. The van der Waals surface area contributed by atoms with Crippen molar-refractivity contribution in [2.45, 2.75) is 13.0 Å². The molecule has 94 valence electrons. The first kappa shape index (κ1) is 13.0. The minimum atomic E-state index is 0.277. The maximum absolute atomic E-state index is 5.61. The van der Waals surface area contributed by atoms with Gasteiger partial charge in [0.05, 0.1) is 11.7 Å². The van der Waals surface area contributed by atoms with E-state index >= 15 is 0 Å². The molecule has 0 saturated heterocycles. The van der Waals surface area contributed by atoms with Crippen LogP contribution in [0.15, 0.2) is 35.7 Å². The number of hydrogen-bond acceptors (Lipinski definition) is 4. The molecule has 0 fully saturated rings. The first-order valence-corrected chi connectivity index (χ1v) is 6.91. The number of nitrogens with two attached hydrogens (primary N) is 1. The van der Waals surface area contributed by atoms with Crippen molar-refractivity contribution in [2.24, 2.45) is 5.73 Å². The van der Waals surface area contributed by atoms with Crippen LogP contribution in [0.2, 0.25) is 0 Å². The van der Waals surface area contributed by atoms with Gasteiger partial charge in [0.2, 0.25) is 0 Å². The molecule has 1 atom stereocenters. The lowest BCUT2D eigenvalue weighted by Gasteiger charge is -2.25. The van der Waals surface area contributed by atoms with Crippen LogP contribution in [0.3, 0.4) is 0 Å². The van der Waals surface area contributed by atoms with Crippen LogP contribution in [-0.2, 0) is 0 Å². The van der Waals surface area contributed by atoms with Gasteiger partial charge < -0.3 is 10.6 Å². The van der Waals surface area contributed by atoms with Crippen LogP contribution >= 0.6 is 23.6 Å². The number of thiophene rings is 1. The van der Waals surface area contributed by atoms with E-state index in [2.05, 4.69) is 34.3 Å². The van der Waals surface area contributed by atoms with E-state index in [1.165, 1.54) is 4.88 Å². The van der Waals surface area contributed by atoms with E-state index < -0.39 is 0 Å². The van der Waals surface area contributed by atoms with Gasteiger partial charge in [-0.1, -0.05) is 24.4 Å². The molecule has 18 heavy (non-hydrogen) atoms. The van der Waals surface area contributed by atoms with Gasteiger partial charge in [-0.2, -0.15) is 0 Å². The smallest absolute Gasteiger partial charge is 0.129 e. The second-order valence-corrected chi connectivity index (χ2v) is 5.47. The molecule has 0 radical (unpaired) electrons. The Kier molecular flexibility index (Phi) is 3.93. The highest BCUT2D eigenvalue weighted by molar-refractivity contribution is 7.80. The predicted octanol–water partition coefficient (Wildman–Crippen LogP) is 2.97. The van der Waals surface area contributed by atoms with Gasteiger partial charge in [0, 0.05) is 11.9 Å². The van der Waals surface area contributed by atoms with Crippen LogP contribution in [-0.4, -0.2) is 17.0 Å². The lowest BCUT2D eigenvalue weighted by atomic mass is 10.2. The summed E-state index contributed by atoms with van der Waals surface area (Å²) < 4.78 is 0. The molecule has 0 aliphatic carbocycles. The maximum Gasteiger partial charge on any atom is 0.129 e. The van der Waals surface area contributed by atoms with Crippen molar-refractivity contribution in [1.82, 2.24) is 4.98 Å². The molecule has 0 aromatic carbocycles. The number of anilines is 1. The van der Waals surface area contributed by atoms with Crippen molar-refractivity contribution in [1.29, 1.82) is 0 Å². The van der Waals surface area contributed by atoms with Gasteiger partial charge in [0.25, 0.3) is 0 Å². The lowest BCUT2D eigenvalue weighted by Crippen LogP contribution is -2.23. The van der Waals surface area contributed by atoms with Crippen LogP contribution in [0.25, 0.3) is 0 Å². The van der Waals surface area contributed by atoms with Crippen molar-refractivity contribution in [2.75, 3.05) is 11.9 Å². The normalized spacial score (nSPS) is 12.1. The summed E-state index contributed by atoms with van der Waals surface area (Å²) in [6.07, 6.45) is 0. The molecule has 3 nitrogen and oxygen atoms in total. The van der Waals surface area contributed by atoms with E-state index in [1.54, 1.807) is 11.3 Å². The monoisotopic (exact) mass is 277 g/mol. The minimum Gasteiger partial charge on any atom is -0.388 e. The van der Waals surface area contributed by atoms with Gasteiger partial charge in [-0.3, -0.25) is 0 Å².